The Morgan fingerprint density at radius 1 is 1.47 bits per heavy atom. The molecule has 1 aromatic rings. The summed E-state index contributed by atoms with van der Waals surface area (Å²) < 4.78 is 31.6. The number of hydrogen-bond acceptors (Lipinski definition) is 4. The van der Waals surface area contributed by atoms with Crippen LogP contribution in [0.3, 0.4) is 0 Å². The number of nitrogens with one attached hydrogen (secondary N) is 1. The second kappa shape index (κ2) is 5.34. The Kier molecular flexibility index (Phi) is 3.96. The third-order valence-corrected chi connectivity index (χ3v) is 4.94. The van der Waals surface area contributed by atoms with E-state index >= 15 is 0 Å². The number of aryl methyl sites for hydroxylation is 1. The van der Waals surface area contributed by atoms with Crippen molar-refractivity contribution in [2.75, 3.05) is 6.54 Å². The van der Waals surface area contributed by atoms with Gasteiger partial charge in [-0.1, -0.05) is 12.8 Å². The van der Waals surface area contributed by atoms with Gasteiger partial charge in [0.25, 0.3) is 0 Å². The molecule has 2 N–H and O–H groups in total. The quantitative estimate of drug-likeness (QED) is 0.860. The highest BCUT2D eigenvalue weighted by atomic mass is 32.2. The summed E-state index contributed by atoms with van der Waals surface area (Å²) in [5.41, 5.74) is 0. The predicted octanol–water partition coefficient (Wildman–Crippen LogP) is 1.75. The number of carbonyl (C=O) groups is 1. The molecule has 0 aliphatic heterocycles. The topological polar surface area (TPSA) is 96.6 Å². The van der Waals surface area contributed by atoms with Crippen molar-refractivity contribution in [2.45, 2.75) is 37.5 Å². The number of hydrogen-bond donors (Lipinski definition) is 2. The molecule has 1 aliphatic rings. The van der Waals surface area contributed by atoms with Crippen LogP contribution in [0.15, 0.2) is 15.4 Å². The van der Waals surface area contributed by atoms with Gasteiger partial charge in [0.2, 0.25) is 15.8 Å². The highest BCUT2D eigenvalue weighted by molar-refractivity contribution is 7.89. The van der Waals surface area contributed by atoms with E-state index in [0.717, 1.165) is 31.7 Å². The van der Waals surface area contributed by atoms with Crippen molar-refractivity contribution in [1.82, 2.24) is 4.72 Å². The van der Waals surface area contributed by atoms with Crippen LogP contribution >= 0.6 is 0 Å². The van der Waals surface area contributed by atoms with E-state index in [0.29, 0.717) is 12.5 Å². The number of aromatic carboxylic acids is 1. The van der Waals surface area contributed by atoms with Gasteiger partial charge in [-0.25, -0.2) is 17.9 Å². The van der Waals surface area contributed by atoms with E-state index < -0.39 is 16.0 Å². The summed E-state index contributed by atoms with van der Waals surface area (Å²) in [6.07, 6.45) is 4.35. The second-order valence-electron chi connectivity index (χ2n) is 4.84. The molecule has 1 aromatic heterocycles. The first-order valence-corrected chi connectivity index (χ1v) is 7.72. The average molecular weight is 287 g/mol. The fourth-order valence-electron chi connectivity index (χ4n) is 2.36. The Morgan fingerprint density at radius 3 is 2.63 bits per heavy atom. The van der Waals surface area contributed by atoms with Crippen molar-refractivity contribution >= 4 is 16.0 Å². The predicted molar refractivity (Wildman–Crippen MR) is 67.6 cm³/mol. The van der Waals surface area contributed by atoms with Crippen LogP contribution in [0.25, 0.3) is 0 Å². The van der Waals surface area contributed by atoms with Gasteiger partial charge in [0.05, 0.1) is 0 Å². The molecule has 1 heterocycles. The van der Waals surface area contributed by atoms with Crippen LogP contribution in [0, 0.1) is 12.8 Å². The molecular weight excluding hydrogens is 270 g/mol. The monoisotopic (exact) mass is 287 g/mol. The van der Waals surface area contributed by atoms with Crippen molar-refractivity contribution < 1.29 is 22.7 Å². The minimum absolute atomic E-state index is 0.0938. The molecule has 0 atom stereocenters. The van der Waals surface area contributed by atoms with Crippen molar-refractivity contribution in [3.05, 3.63) is 17.6 Å². The van der Waals surface area contributed by atoms with Crippen LogP contribution < -0.4 is 4.72 Å². The van der Waals surface area contributed by atoms with Crippen LogP contribution in [0.2, 0.25) is 0 Å². The van der Waals surface area contributed by atoms with E-state index in [2.05, 4.69) is 4.72 Å². The zero-order valence-electron chi connectivity index (χ0n) is 10.7. The number of rotatable bonds is 5. The first-order chi connectivity index (χ1) is 8.90. The van der Waals surface area contributed by atoms with Gasteiger partial charge in [-0.3, -0.25) is 0 Å². The van der Waals surface area contributed by atoms with E-state index in [-0.39, 0.29) is 16.4 Å². The highest BCUT2D eigenvalue weighted by Gasteiger charge is 2.25. The summed E-state index contributed by atoms with van der Waals surface area (Å²) in [6.45, 7) is 1.84. The van der Waals surface area contributed by atoms with E-state index in [1.807, 2.05) is 0 Å². The molecule has 19 heavy (non-hydrogen) atoms. The third-order valence-electron chi connectivity index (χ3n) is 3.41. The lowest BCUT2D eigenvalue weighted by atomic mass is 10.1. The fraction of sp³-hybridized carbons (Fsp3) is 0.583. The van der Waals surface area contributed by atoms with E-state index in [1.165, 1.54) is 6.92 Å². The van der Waals surface area contributed by atoms with Gasteiger partial charge in [0.15, 0.2) is 0 Å². The minimum atomic E-state index is -3.70. The number of sulfonamides is 1. The summed E-state index contributed by atoms with van der Waals surface area (Å²) >= 11 is 0. The first-order valence-electron chi connectivity index (χ1n) is 6.23. The molecule has 2 rings (SSSR count). The normalized spacial score (nSPS) is 16.9. The maximum absolute atomic E-state index is 12.1. The Balaban J connectivity index is 2.12. The molecule has 7 heteroatoms. The largest absolute Gasteiger partial charge is 0.475 e. The maximum atomic E-state index is 12.1. The zero-order valence-corrected chi connectivity index (χ0v) is 11.5. The Hall–Kier alpha value is -1.34. The van der Waals surface area contributed by atoms with E-state index in [4.69, 9.17) is 9.52 Å². The highest BCUT2D eigenvalue weighted by Crippen LogP contribution is 2.25. The van der Waals surface area contributed by atoms with Crippen LogP contribution in [-0.4, -0.2) is 26.0 Å². The van der Waals surface area contributed by atoms with E-state index in [9.17, 15) is 13.2 Å². The van der Waals surface area contributed by atoms with Gasteiger partial charge < -0.3 is 9.52 Å². The lowest BCUT2D eigenvalue weighted by Crippen LogP contribution is -2.28. The molecule has 0 bridgehead atoms. The van der Waals surface area contributed by atoms with Crippen molar-refractivity contribution in [3.8, 4) is 0 Å². The summed E-state index contributed by atoms with van der Waals surface area (Å²) in [6, 6.07) is 1.05. The first kappa shape index (κ1) is 14.1. The molecule has 1 aliphatic carbocycles. The summed E-state index contributed by atoms with van der Waals surface area (Å²) in [5, 5.41) is 8.78. The van der Waals surface area contributed by atoms with Gasteiger partial charge in [-0.05, 0) is 25.7 Å². The standard InChI is InChI=1S/C12H17NO5S/c1-8-11(6-10(18-8)12(14)15)19(16,17)13-7-9-4-2-3-5-9/h6,9,13H,2-5,7H2,1H3,(H,14,15). The minimum Gasteiger partial charge on any atom is -0.475 e. The van der Waals surface area contributed by atoms with Crippen molar-refractivity contribution in [1.29, 1.82) is 0 Å². The lowest BCUT2D eigenvalue weighted by Gasteiger charge is -2.10. The van der Waals surface area contributed by atoms with Gasteiger partial charge in [-0.15, -0.1) is 0 Å². The molecule has 1 saturated carbocycles. The van der Waals surface area contributed by atoms with Gasteiger partial charge in [-0.2, -0.15) is 0 Å². The molecule has 0 aromatic carbocycles. The maximum Gasteiger partial charge on any atom is 0.371 e. The fourth-order valence-corrected chi connectivity index (χ4v) is 3.65. The molecule has 0 saturated heterocycles. The SMILES string of the molecule is Cc1oc(C(=O)O)cc1S(=O)(=O)NCC1CCCC1. The lowest BCUT2D eigenvalue weighted by molar-refractivity contribution is 0.0661. The van der Waals surface area contributed by atoms with Crippen molar-refractivity contribution in [2.24, 2.45) is 5.92 Å². The summed E-state index contributed by atoms with van der Waals surface area (Å²) in [4.78, 5) is 10.7. The van der Waals surface area contributed by atoms with Gasteiger partial charge in [0.1, 0.15) is 10.7 Å². The molecule has 0 unspecified atom stereocenters. The van der Waals surface area contributed by atoms with Gasteiger partial charge >= 0.3 is 5.97 Å². The van der Waals surface area contributed by atoms with Crippen LogP contribution in [0.5, 0.6) is 0 Å². The molecular formula is C12H17NO5S. The number of furan rings is 1. The smallest absolute Gasteiger partial charge is 0.371 e. The third kappa shape index (κ3) is 3.16. The zero-order chi connectivity index (χ0) is 14.0. The Labute approximate surface area is 111 Å². The molecule has 0 spiro atoms. The van der Waals surface area contributed by atoms with E-state index in [1.54, 1.807) is 0 Å². The summed E-state index contributed by atoms with van der Waals surface area (Å²) in [7, 11) is -3.70. The second-order valence-corrected chi connectivity index (χ2v) is 6.57. The Morgan fingerprint density at radius 2 is 2.11 bits per heavy atom. The average Bonchev–Trinajstić information content (AvgIpc) is 2.95. The van der Waals surface area contributed by atoms with Crippen LogP contribution in [-0.2, 0) is 10.0 Å². The Bertz CT molecular complexity index is 569. The molecule has 0 radical (unpaired) electrons. The van der Waals surface area contributed by atoms with Gasteiger partial charge in [0, 0.05) is 12.6 Å². The molecule has 0 amide bonds. The van der Waals surface area contributed by atoms with Crippen LogP contribution in [0.1, 0.15) is 42.0 Å². The number of carboxylic acids is 1. The molecule has 106 valence electrons. The molecule has 6 nitrogen and oxygen atoms in total. The number of carboxylic acid groups (broad SMARTS) is 1. The summed E-state index contributed by atoms with van der Waals surface area (Å²) in [5.74, 6) is -1.17. The molecule has 1 fully saturated rings. The van der Waals surface area contributed by atoms with Crippen molar-refractivity contribution in [3.63, 3.8) is 0 Å². The van der Waals surface area contributed by atoms with Crippen LogP contribution in [0.4, 0.5) is 0 Å².